The second-order valence-electron chi connectivity index (χ2n) is 7.35. The van der Waals surface area contributed by atoms with Gasteiger partial charge in [0, 0.05) is 17.3 Å². The molecule has 0 unspecified atom stereocenters. The number of hydrogen-bond donors (Lipinski definition) is 0. The van der Waals surface area contributed by atoms with Crippen molar-refractivity contribution in [2.45, 2.75) is 48.2 Å². The fourth-order valence-corrected chi connectivity index (χ4v) is 6.61. The van der Waals surface area contributed by atoms with E-state index in [1.165, 1.54) is 12.1 Å². The lowest BCUT2D eigenvalue weighted by atomic mass is 9.98. The summed E-state index contributed by atoms with van der Waals surface area (Å²) in [7, 11) is -3.82. The van der Waals surface area contributed by atoms with Crippen molar-refractivity contribution in [1.29, 1.82) is 0 Å². The molecule has 1 saturated carbocycles. The normalized spacial score (nSPS) is 18.9. The van der Waals surface area contributed by atoms with Crippen LogP contribution >= 0.6 is 11.6 Å². The van der Waals surface area contributed by atoms with Crippen LogP contribution in [0.3, 0.4) is 0 Å². The van der Waals surface area contributed by atoms with Crippen molar-refractivity contribution in [2.75, 3.05) is 11.4 Å². The van der Waals surface area contributed by atoms with Gasteiger partial charge in [0.15, 0.2) is 14.6 Å². The topological polar surface area (TPSA) is 54.5 Å². The molecule has 0 saturated heterocycles. The number of aryl methyl sites for hydroxylation is 1. The van der Waals surface area contributed by atoms with Crippen molar-refractivity contribution in [2.24, 2.45) is 0 Å². The maximum atomic E-state index is 13.7. The van der Waals surface area contributed by atoms with Gasteiger partial charge in [0.2, 0.25) is 5.91 Å². The highest BCUT2D eigenvalue weighted by Gasteiger charge is 2.55. The van der Waals surface area contributed by atoms with E-state index in [9.17, 15) is 13.2 Å². The van der Waals surface area contributed by atoms with Gasteiger partial charge in [-0.05, 0) is 61.6 Å². The number of amides is 1. The van der Waals surface area contributed by atoms with E-state index in [0.29, 0.717) is 24.4 Å². The number of sulfone groups is 1. The summed E-state index contributed by atoms with van der Waals surface area (Å²) >= 11 is 5.93. The second-order valence-corrected chi connectivity index (χ2v) is 10.0. The van der Waals surface area contributed by atoms with Crippen LogP contribution in [0.1, 0.15) is 37.7 Å². The number of benzene rings is 2. The summed E-state index contributed by atoms with van der Waals surface area (Å²) in [6, 6.07) is 14.0. The smallest absolute Gasteiger partial charge is 0.248 e. The Morgan fingerprint density at radius 3 is 2.33 bits per heavy atom. The van der Waals surface area contributed by atoms with Gasteiger partial charge in [-0.2, -0.15) is 0 Å². The Hall–Kier alpha value is -1.85. The molecule has 2 aromatic carbocycles. The zero-order chi connectivity index (χ0) is 19.1. The molecule has 2 aromatic rings. The number of halogens is 1. The number of para-hydroxylation sites is 1. The average molecular weight is 404 g/mol. The zero-order valence-electron chi connectivity index (χ0n) is 15.0. The van der Waals surface area contributed by atoms with E-state index in [2.05, 4.69) is 0 Å². The Balaban J connectivity index is 1.79. The Kier molecular flexibility index (Phi) is 4.77. The van der Waals surface area contributed by atoms with Gasteiger partial charge in [-0.25, -0.2) is 8.42 Å². The molecule has 0 N–H and O–H groups in total. The maximum absolute atomic E-state index is 13.7. The van der Waals surface area contributed by atoms with E-state index in [1.807, 2.05) is 24.3 Å². The number of rotatable bonds is 3. The monoisotopic (exact) mass is 403 g/mol. The van der Waals surface area contributed by atoms with Crippen LogP contribution in [0.5, 0.6) is 0 Å². The van der Waals surface area contributed by atoms with Gasteiger partial charge in [-0.1, -0.05) is 42.6 Å². The van der Waals surface area contributed by atoms with E-state index < -0.39 is 14.6 Å². The van der Waals surface area contributed by atoms with Crippen molar-refractivity contribution in [3.63, 3.8) is 0 Å². The van der Waals surface area contributed by atoms with Crippen LogP contribution in [-0.2, 0) is 21.1 Å². The molecule has 0 bridgehead atoms. The third-order valence-corrected chi connectivity index (χ3v) is 8.55. The molecule has 1 heterocycles. The second kappa shape index (κ2) is 6.95. The summed E-state index contributed by atoms with van der Waals surface area (Å²) in [5.41, 5.74) is 1.96. The predicted octanol–water partition coefficient (Wildman–Crippen LogP) is 4.41. The Morgan fingerprint density at radius 2 is 1.63 bits per heavy atom. The molecule has 0 spiro atoms. The summed E-state index contributed by atoms with van der Waals surface area (Å²) in [6.45, 7) is 0.563. The first-order valence-electron chi connectivity index (χ1n) is 9.36. The van der Waals surface area contributed by atoms with Crippen molar-refractivity contribution < 1.29 is 13.2 Å². The molecular formula is C21H22ClNO3S. The lowest BCUT2D eigenvalue weighted by molar-refractivity contribution is -0.121. The lowest BCUT2D eigenvalue weighted by Gasteiger charge is -2.37. The maximum Gasteiger partial charge on any atom is 0.248 e. The quantitative estimate of drug-likeness (QED) is 0.762. The minimum absolute atomic E-state index is 0.174. The number of carbonyl (C=O) groups is 1. The first kappa shape index (κ1) is 18.5. The van der Waals surface area contributed by atoms with Gasteiger partial charge in [0.1, 0.15) is 0 Å². The van der Waals surface area contributed by atoms with Crippen LogP contribution < -0.4 is 4.90 Å². The minimum atomic E-state index is -3.82. The Bertz CT molecular complexity index is 963. The molecule has 1 aliphatic carbocycles. The van der Waals surface area contributed by atoms with E-state index in [-0.39, 0.29) is 10.8 Å². The third kappa shape index (κ3) is 2.97. The predicted molar refractivity (Wildman–Crippen MR) is 107 cm³/mol. The minimum Gasteiger partial charge on any atom is -0.311 e. The molecule has 6 heteroatoms. The third-order valence-electron chi connectivity index (χ3n) is 5.79. The standard InChI is InChI=1S/C21H22ClNO3S/c22-17-9-11-18(12-10-17)27(25,26)21(13-3-4-14-21)20(24)23-15-5-7-16-6-1-2-8-19(16)23/h1-2,6,8-12H,3-5,7,13-15H2. The van der Waals surface area contributed by atoms with Gasteiger partial charge in [-0.15, -0.1) is 0 Å². The molecule has 1 fully saturated rings. The summed E-state index contributed by atoms with van der Waals surface area (Å²) in [4.78, 5) is 15.6. The molecule has 4 nitrogen and oxygen atoms in total. The Morgan fingerprint density at radius 1 is 0.963 bits per heavy atom. The van der Waals surface area contributed by atoms with Crippen LogP contribution in [-0.4, -0.2) is 25.6 Å². The fraction of sp³-hybridized carbons (Fsp3) is 0.381. The number of carbonyl (C=O) groups excluding carboxylic acids is 1. The first-order chi connectivity index (χ1) is 13.0. The van der Waals surface area contributed by atoms with Crippen LogP contribution in [0, 0.1) is 0 Å². The number of nitrogens with zero attached hydrogens (tertiary/aromatic N) is 1. The van der Waals surface area contributed by atoms with Crippen molar-refractivity contribution in [1.82, 2.24) is 0 Å². The zero-order valence-corrected chi connectivity index (χ0v) is 16.6. The molecule has 27 heavy (non-hydrogen) atoms. The van der Waals surface area contributed by atoms with Crippen molar-refractivity contribution >= 4 is 33.0 Å². The van der Waals surface area contributed by atoms with E-state index in [0.717, 1.165) is 36.9 Å². The van der Waals surface area contributed by atoms with Crippen LogP contribution in [0.25, 0.3) is 0 Å². The molecule has 1 amide bonds. The van der Waals surface area contributed by atoms with E-state index >= 15 is 0 Å². The summed E-state index contributed by atoms with van der Waals surface area (Å²) in [5, 5.41) is 0.478. The highest BCUT2D eigenvalue weighted by Crippen LogP contribution is 2.43. The van der Waals surface area contributed by atoms with Gasteiger partial charge < -0.3 is 4.90 Å². The largest absolute Gasteiger partial charge is 0.311 e. The van der Waals surface area contributed by atoms with Crippen molar-refractivity contribution in [3.8, 4) is 0 Å². The van der Waals surface area contributed by atoms with Crippen LogP contribution in [0.15, 0.2) is 53.4 Å². The fourth-order valence-electron chi connectivity index (χ4n) is 4.37. The number of fused-ring (bicyclic) bond motifs is 1. The molecule has 1 aliphatic heterocycles. The summed E-state index contributed by atoms with van der Waals surface area (Å²) < 4.78 is 25.8. The van der Waals surface area contributed by atoms with Crippen molar-refractivity contribution in [3.05, 3.63) is 59.1 Å². The molecule has 0 atom stereocenters. The summed E-state index contributed by atoms with van der Waals surface area (Å²) in [6.07, 6.45) is 3.99. The van der Waals surface area contributed by atoms with Gasteiger partial charge in [0.05, 0.1) is 4.90 Å². The van der Waals surface area contributed by atoms with E-state index in [1.54, 1.807) is 17.0 Å². The lowest BCUT2D eigenvalue weighted by Crippen LogP contribution is -2.53. The van der Waals surface area contributed by atoms with Gasteiger partial charge in [0.25, 0.3) is 0 Å². The molecular weight excluding hydrogens is 382 g/mol. The Labute approximate surface area is 165 Å². The molecule has 142 valence electrons. The molecule has 0 aromatic heterocycles. The van der Waals surface area contributed by atoms with Crippen LogP contribution in [0.2, 0.25) is 5.02 Å². The molecule has 4 rings (SSSR count). The number of anilines is 1. The van der Waals surface area contributed by atoms with E-state index in [4.69, 9.17) is 11.6 Å². The molecule has 2 aliphatic rings. The first-order valence-corrected chi connectivity index (χ1v) is 11.2. The average Bonchev–Trinajstić information content (AvgIpc) is 3.19. The van der Waals surface area contributed by atoms with Crippen LogP contribution in [0.4, 0.5) is 5.69 Å². The highest BCUT2D eigenvalue weighted by atomic mass is 35.5. The SMILES string of the molecule is O=C(N1CCCc2ccccc21)C1(S(=O)(=O)c2ccc(Cl)cc2)CCCC1. The van der Waals surface area contributed by atoms with Gasteiger partial charge >= 0.3 is 0 Å². The summed E-state index contributed by atoms with van der Waals surface area (Å²) in [5.74, 6) is -0.276. The molecule has 0 radical (unpaired) electrons. The number of hydrogen-bond acceptors (Lipinski definition) is 3. The van der Waals surface area contributed by atoms with Gasteiger partial charge in [-0.3, -0.25) is 4.79 Å². The highest BCUT2D eigenvalue weighted by molar-refractivity contribution is 7.93.